The van der Waals surface area contributed by atoms with Crippen LogP contribution in [0.1, 0.15) is 26.5 Å². The Morgan fingerprint density at radius 2 is 1.97 bits per heavy atom. The topological polar surface area (TPSA) is 124 Å². The molecule has 3 rings (SSSR count). The van der Waals surface area contributed by atoms with Crippen LogP contribution in [-0.4, -0.2) is 23.9 Å². The highest BCUT2D eigenvalue weighted by molar-refractivity contribution is 6.36. The monoisotopic (exact) mass is 429 g/mol. The van der Waals surface area contributed by atoms with Gasteiger partial charge in [-0.1, -0.05) is 17.7 Å². The van der Waals surface area contributed by atoms with Crippen LogP contribution in [-0.2, 0) is 11.3 Å². The number of nitro groups is 1. The quantitative estimate of drug-likeness (QED) is 0.322. The maximum atomic E-state index is 12.8. The van der Waals surface area contributed by atoms with Crippen molar-refractivity contribution in [1.29, 1.82) is 0 Å². The largest absolute Gasteiger partial charge is 0.467 e. The molecule has 0 atom stereocenters. The summed E-state index contributed by atoms with van der Waals surface area (Å²) in [7, 11) is 1.24. The number of benzene rings is 2. The molecule has 1 amide bonds. The van der Waals surface area contributed by atoms with Gasteiger partial charge in [-0.3, -0.25) is 14.9 Å². The predicted molar refractivity (Wildman–Crippen MR) is 110 cm³/mol. The summed E-state index contributed by atoms with van der Waals surface area (Å²) >= 11 is 6.03. The molecule has 0 unspecified atom stereocenters. The van der Waals surface area contributed by atoms with Gasteiger partial charge in [-0.2, -0.15) is 0 Å². The molecule has 0 saturated heterocycles. The van der Waals surface area contributed by atoms with Gasteiger partial charge in [-0.05, 0) is 36.4 Å². The van der Waals surface area contributed by atoms with Gasteiger partial charge in [0, 0.05) is 6.07 Å². The van der Waals surface area contributed by atoms with E-state index in [0.29, 0.717) is 18.0 Å². The molecule has 1 aromatic heterocycles. The molecule has 3 aromatic rings. The number of rotatable bonds is 7. The molecule has 2 N–H and O–H groups in total. The lowest BCUT2D eigenvalue weighted by atomic mass is 10.1. The molecule has 0 saturated carbocycles. The first-order chi connectivity index (χ1) is 14.4. The van der Waals surface area contributed by atoms with Crippen LogP contribution < -0.4 is 10.6 Å². The Bertz CT molecular complexity index is 1100. The van der Waals surface area contributed by atoms with Gasteiger partial charge in [0.1, 0.15) is 10.8 Å². The highest BCUT2D eigenvalue weighted by atomic mass is 35.5. The van der Waals surface area contributed by atoms with E-state index in [1.54, 1.807) is 18.2 Å². The molecule has 154 valence electrons. The molecule has 2 aromatic carbocycles. The SMILES string of the molecule is COC(=O)c1ccc(NCc2ccco2)c(NC(=O)c2cccc([N+](=O)[O-])c2Cl)c1. The van der Waals surface area contributed by atoms with E-state index in [1.165, 1.54) is 43.7 Å². The van der Waals surface area contributed by atoms with Crippen molar-refractivity contribution >= 4 is 40.5 Å². The Hall–Kier alpha value is -3.85. The lowest BCUT2D eigenvalue weighted by Gasteiger charge is -2.14. The van der Waals surface area contributed by atoms with Crippen LogP contribution >= 0.6 is 11.6 Å². The number of carbonyl (C=O) groups is 2. The minimum Gasteiger partial charge on any atom is -0.467 e. The van der Waals surface area contributed by atoms with E-state index in [2.05, 4.69) is 10.6 Å². The summed E-state index contributed by atoms with van der Waals surface area (Å²) in [6.07, 6.45) is 1.53. The number of carbonyl (C=O) groups excluding carboxylic acids is 2. The van der Waals surface area contributed by atoms with Gasteiger partial charge in [-0.15, -0.1) is 0 Å². The van der Waals surface area contributed by atoms with Crippen molar-refractivity contribution in [3.63, 3.8) is 0 Å². The number of furan rings is 1. The highest BCUT2D eigenvalue weighted by Crippen LogP contribution is 2.30. The first-order valence-electron chi connectivity index (χ1n) is 8.63. The van der Waals surface area contributed by atoms with Crippen molar-refractivity contribution in [3.8, 4) is 0 Å². The summed E-state index contributed by atoms with van der Waals surface area (Å²) in [5.74, 6) is -0.603. The zero-order valence-corrected chi connectivity index (χ0v) is 16.4. The van der Waals surface area contributed by atoms with Crippen LogP contribution in [0.15, 0.2) is 59.2 Å². The van der Waals surface area contributed by atoms with Crippen molar-refractivity contribution in [1.82, 2.24) is 0 Å². The normalized spacial score (nSPS) is 10.3. The summed E-state index contributed by atoms with van der Waals surface area (Å²) in [6.45, 7) is 0.324. The predicted octanol–water partition coefficient (Wildman–Crippen LogP) is 4.49. The highest BCUT2D eigenvalue weighted by Gasteiger charge is 2.21. The second-order valence-electron chi connectivity index (χ2n) is 6.03. The summed E-state index contributed by atoms with van der Waals surface area (Å²) in [6, 6.07) is 12.0. The van der Waals surface area contributed by atoms with E-state index in [-0.39, 0.29) is 27.5 Å². The number of halogens is 1. The van der Waals surface area contributed by atoms with Gasteiger partial charge >= 0.3 is 5.97 Å². The van der Waals surface area contributed by atoms with Crippen LogP contribution in [0.2, 0.25) is 5.02 Å². The van der Waals surface area contributed by atoms with Crippen molar-refractivity contribution in [2.45, 2.75) is 6.54 Å². The molecule has 0 fully saturated rings. The minimum atomic E-state index is -0.674. The smallest absolute Gasteiger partial charge is 0.337 e. The molecule has 9 nitrogen and oxygen atoms in total. The Labute approximate surface area is 175 Å². The molecule has 0 aliphatic rings. The fraction of sp³-hybridized carbons (Fsp3) is 0.100. The van der Waals surface area contributed by atoms with Crippen LogP contribution in [0.4, 0.5) is 17.1 Å². The van der Waals surface area contributed by atoms with Gasteiger partial charge in [0.05, 0.1) is 47.3 Å². The van der Waals surface area contributed by atoms with E-state index in [4.69, 9.17) is 20.8 Å². The summed E-state index contributed by atoms with van der Waals surface area (Å²) in [5.41, 5.74) is 0.502. The van der Waals surface area contributed by atoms with E-state index >= 15 is 0 Å². The molecular weight excluding hydrogens is 414 g/mol. The molecular formula is C20H16ClN3O6. The third-order valence-electron chi connectivity index (χ3n) is 4.14. The molecule has 0 bridgehead atoms. The number of nitro benzene ring substituents is 1. The van der Waals surface area contributed by atoms with Gasteiger partial charge in [0.15, 0.2) is 0 Å². The summed E-state index contributed by atoms with van der Waals surface area (Å²) in [5, 5.41) is 16.5. The fourth-order valence-electron chi connectivity index (χ4n) is 2.67. The van der Waals surface area contributed by atoms with Gasteiger partial charge < -0.3 is 19.8 Å². The molecule has 0 aliphatic carbocycles. The first kappa shape index (κ1) is 20.9. The number of hydrogen-bond donors (Lipinski definition) is 2. The number of esters is 1. The standard InChI is InChI=1S/C20H16ClN3O6/c1-29-20(26)12-7-8-15(22-11-13-4-3-9-30-13)16(10-12)23-19(25)14-5-2-6-17(18(14)21)24(27)28/h2-10,22H,11H2,1H3,(H,23,25). The first-order valence-corrected chi connectivity index (χ1v) is 9.01. The van der Waals surface area contributed by atoms with Crippen molar-refractivity contribution in [2.24, 2.45) is 0 Å². The zero-order chi connectivity index (χ0) is 21.7. The lowest BCUT2D eigenvalue weighted by Crippen LogP contribution is -2.15. The number of ether oxygens (including phenoxy) is 1. The van der Waals surface area contributed by atoms with Crippen LogP contribution in [0.25, 0.3) is 0 Å². The van der Waals surface area contributed by atoms with Crippen LogP contribution in [0.3, 0.4) is 0 Å². The summed E-state index contributed by atoms with van der Waals surface area (Å²) < 4.78 is 9.99. The number of nitrogens with zero attached hydrogens (tertiary/aromatic N) is 1. The van der Waals surface area contributed by atoms with E-state index in [0.717, 1.165) is 0 Å². The van der Waals surface area contributed by atoms with Crippen molar-refractivity contribution < 1.29 is 23.7 Å². The molecule has 0 aliphatic heterocycles. The Kier molecular flexibility index (Phi) is 6.33. The number of anilines is 2. The molecule has 1 heterocycles. The van der Waals surface area contributed by atoms with Crippen molar-refractivity contribution in [3.05, 3.63) is 86.8 Å². The lowest BCUT2D eigenvalue weighted by molar-refractivity contribution is -0.384. The average molecular weight is 430 g/mol. The summed E-state index contributed by atoms with van der Waals surface area (Å²) in [4.78, 5) is 35.1. The third kappa shape index (κ3) is 4.58. The average Bonchev–Trinajstić information content (AvgIpc) is 3.25. The maximum absolute atomic E-state index is 12.8. The number of amides is 1. The third-order valence-corrected chi connectivity index (χ3v) is 4.54. The Morgan fingerprint density at radius 1 is 1.17 bits per heavy atom. The number of hydrogen-bond acceptors (Lipinski definition) is 7. The van der Waals surface area contributed by atoms with Crippen LogP contribution in [0.5, 0.6) is 0 Å². The Balaban J connectivity index is 1.92. The second-order valence-corrected chi connectivity index (χ2v) is 6.41. The van der Waals surface area contributed by atoms with Gasteiger partial charge in [0.25, 0.3) is 11.6 Å². The minimum absolute atomic E-state index is 0.0775. The van der Waals surface area contributed by atoms with E-state index in [1.807, 2.05) is 0 Å². The Morgan fingerprint density at radius 3 is 2.63 bits per heavy atom. The van der Waals surface area contributed by atoms with Crippen molar-refractivity contribution in [2.75, 3.05) is 17.7 Å². The molecule has 0 spiro atoms. The molecule has 30 heavy (non-hydrogen) atoms. The van der Waals surface area contributed by atoms with E-state index < -0.39 is 16.8 Å². The van der Waals surface area contributed by atoms with Gasteiger partial charge in [-0.25, -0.2) is 4.79 Å². The number of methoxy groups -OCH3 is 1. The van der Waals surface area contributed by atoms with E-state index in [9.17, 15) is 19.7 Å². The van der Waals surface area contributed by atoms with Crippen LogP contribution in [0, 0.1) is 10.1 Å². The van der Waals surface area contributed by atoms with Gasteiger partial charge in [0.2, 0.25) is 0 Å². The zero-order valence-electron chi connectivity index (χ0n) is 15.7. The fourth-order valence-corrected chi connectivity index (χ4v) is 2.95. The second kappa shape index (κ2) is 9.10. The maximum Gasteiger partial charge on any atom is 0.337 e. The molecule has 0 radical (unpaired) electrons. The molecule has 10 heteroatoms. The number of nitrogens with one attached hydrogen (secondary N) is 2.